The first-order chi connectivity index (χ1) is 18.8. The van der Waals surface area contributed by atoms with Gasteiger partial charge in [-0.15, -0.1) is 0 Å². The van der Waals surface area contributed by atoms with Gasteiger partial charge in [0.05, 0.1) is 18.9 Å². The molecule has 0 heterocycles. The number of rotatable bonds is 12. The average Bonchev–Trinajstić information content (AvgIpc) is 2.91. The first-order valence-corrected chi connectivity index (χ1v) is 9.76. The zero-order chi connectivity index (χ0) is 31.8. The molecule has 12 heteroatoms. The molecule has 4 atom stereocenters. The fourth-order valence-corrected chi connectivity index (χ4v) is 2.39. The highest BCUT2D eigenvalue weighted by Crippen LogP contribution is 2.26. The van der Waals surface area contributed by atoms with Crippen LogP contribution in [0, 0.1) is 0 Å². The number of phenols is 1. The van der Waals surface area contributed by atoms with Gasteiger partial charge in [0.15, 0.2) is 12.2 Å². The van der Waals surface area contributed by atoms with E-state index in [1.165, 1.54) is 49.6 Å². The van der Waals surface area contributed by atoms with Crippen molar-refractivity contribution in [3.8, 4) is 11.5 Å². The number of carboxylic acids is 2. The first-order valence-electron chi connectivity index (χ1n) is 12.8. The number of aliphatic hydroxyl groups excluding tert-OH is 3. The van der Waals surface area contributed by atoms with Gasteiger partial charge in [-0.3, -0.25) is 4.79 Å². The van der Waals surface area contributed by atoms with Gasteiger partial charge < -0.3 is 46.0 Å². The number of aromatic hydroxyl groups is 1. The molecule has 12 nitrogen and oxygen atoms in total. The molecule has 1 amide bonds. The molecule has 0 fully saturated rings. The molecule has 8 N–H and O–H groups in total. The Kier molecular flexibility index (Phi) is 8.57. The van der Waals surface area contributed by atoms with E-state index in [4.69, 9.17) is 33.4 Å². The van der Waals surface area contributed by atoms with Crippen LogP contribution in [0.5, 0.6) is 11.5 Å². The van der Waals surface area contributed by atoms with Gasteiger partial charge in [0, 0.05) is 20.8 Å². The zero-order valence-electron chi connectivity index (χ0n) is 24.4. The summed E-state index contributed by atoms with van der Waals surface area (Å²) < 4.78 is 53.8. The van der Waals surface area contributed by atoms with Gasteiger partial charge in [-0.2, -0.15) is 0 Å². The van der Waals surface area contributed by atoms with E-state index in [1.807, 2.05) is 0 Å². The minimum absolute atomic E-state index is 0.0353. The van der Waals surface area contributed by atoms with E-state index in [1.54, 1.807) is 0 Å². The van der Waals surface area contributed by atoms with Crippen molar-refractivity contribution in [1.82, 2.24) is 5.32 Å². The quantitative estimate of drug-likeness (QED) is 0.145. The lowest BCUT2D eigenvalue weighted by atomic mass is 10.1. The van der Waals surface area contributed by atoms with E-state index in [0.717, 1.165) is 0 Å². The summed E-state index contributed by atoms with van der Waals surface area (Å²) in [5.41, 5.74) is 0.198. The molecule has 2 unspecified atom stereocenters. The summed E-state index contributed by atoms with van der Waals surface area (Å²) >= 11 is 0. The third kappa shape index (κ3) is 9.98. The molecule has 2 aromatic rings. The van der Waals surface area contributed by atoms with E-state index in [9.17, 15) is 24.6 Å². The van der Waals surface area contributed by atoms with Crippen molar-refractivity contribution in [1.29, 1.82) is 0 Å². The zero-order valence-corrected chi connectivity index (χ0v) is 18.4. The fourth-order valence-electron chi connectivity index (χ4n) is 2.39. The summed E-state index contributed by atoms with van der Waals surface area (Å²) in [6.07, 6.45) is -8.22. The number of hydrogen-bond donors (Lipinski definition) is 8. The van der Waals surface area contributed by atoms with Gasteiger partial charge in [0.1, 0.15) is 11.5 Å². The number of phenolic OH excluding ortho intramolecular Hbond substituents is 1. The van der Waals surface area contributed by atoms with Crippen molar-refractivity contribution in [3.05, 3.63) is 53.6 Å². The number of ether oxygens (including phenoxy) is 1. The van der Waals surface area contributed by atoms with Crippen LogP contribution in [0.4, 0.5) is 5.69 Å². The minimum atomic E-state index is -3.10. The summed E-state index contributed by atoms with van der Waals surface area (Å²) in [7, 11) is 1.43. The number of amides is 1. The molecule has 0 aliphatic rings. The number of aliphatic hydroxyl groups is 3. The lowest BCUT2D eigenvalue weighted by molar-refractivity contribution is -0.165. The Bertz CT molecular complexity index is 1180. The minimum Gasteiger partial charge on any atom is -0.506 e. The van der Waals surface area contributed by atoms with Gasteiger partial charge in [-0.25, -0.2) is 9.59 Å². The third-order valence-corrected chi connectivity index (χ3v) is 4.26. The van der Waals surface area contributed by atoms with E-state index in [0.29, 0.717) is 12.2 Å². The number of anilines is 1. The average molecular weight is 501 g/mol. The van der Waals surface area contributed by atoms with Gasteiger partial charge >= 0.3 is 11.9 Å². The monoisotopic (exact) mass is 500 g/mol. The Morgan fingerprint density at radius 2 is 1.71 bits per heavy atom. The Labute approximate surface area is 209 Å². The number of benzene rings is 2. The summed E-state index contributed by atoms with van der Waals surface area (Å²) in [5, 5.41) is 57.3. The van der Waals surface area contributed by atoms with Crippen LogP contribution in [0.3, 0.4) is 0 Å². The van der Waals surface area contributed by atoms with Gasteiger partial charge in [0.25, 0.3) is 0 Å². The highest BCUT2D eigenvalue weighted by atomic mass is 16.5. The van der Waals surface area contributed by atoms with Crippen LogP contribution in [0.15, 0.2) is 42.5 Å². The lowest BCUT2D eigenvalue weighted by Crippen LogP contribution is -2.39. The maximum atomic E-state index is 10.6. The predicted octanol–water partition coefficient (Wildman–Crippen LogP) is 0.101. The molecule has 0 spiro atoms. The van der Waals surface area contributed by atoms with Crippen LogP contribution in [-0.4, -0.2) is 80.9 Å². The number of nitrogens with one attached hydrogen (secondary N) is 2. The standard InChI is InChI=1S/C19H24N2O4.C4H6O6/c1-13(9-14-3-6-16(25-2)7-4-14)20-11-19(24)15-5-8-18(23)17(10-15)21-12-22;5-1(3(7)8)2(6)4(9)10/h3-8,10,12-13,19-20,23-24H,9,11H2,1-2H3,(H,21,22);1-2,5-6H,(H,7,8)(H,9,10)/t13-,19+;/m1./s1/i1D3,9D2,13D;. The Morgan fingerprint density at radius 1 is 1.11 bits per heavy atom. The maximum Gasteiger partial charge on any atom is 0.335 e. The highest BCUT2D eigenvalue weighted by Gasteiger charge is 2.29. The van der Waals surface area contributed by atoms with E-state index in [-0.39, 0.29) is 22.6 Å². The second-order valence-electron chi connectivity index (χ2n) is 6.73. The fraction of sp³-hybridized carbons (Fsp3) is 0.348. The van der Waals surface area contributed by atoms with Crippen LogP contribution in [0.1, 0.15) is 32.3 Å². The molecule has 2 aromatic carbocycles. The number of carbonyl (C=O) groups excluding carboxylic acids is 1. The van der Waals surface area contributed by atoms with Crippen LogP contribution < -0.4 is 15.4 Å². The second-order valence-corrected chi connectivity index (χ2v) is 6.73. The lowest BCUT2D eigenvalue weighted by Gasteiger charge is -2.18. The molecule has 0 bridgehead atoms. The van der Waals surface area contributed by atoms with Crippen molar-refractivity contribution < 1.29 is 58.0 Å². The SMILES string of the molecule is O=C(O)C(O)C(O)C(=O)O.[2H]C([2H])([2H])[C@@]([2H])(NC[C@H](O)c1ccc(O)c(NC=O)c1)C([2H])([2H])c1ccc(OC)cc1. The molecule has 192 valence electrons. The highest BCUT2D eigenvalue weighted by molar-refractivity contribution is 5.83. The normalized spacial score (nSPS) is 18.1. The number of carboxylic acid groups (broad SMARTS) is 2. The molecule has 0 aromatic heterocycles. The number of aliphatic carboxylic acids is 2. The molecular formula is C23H30N2O10. The first kappa shape index (κ1) is 20.6. The summed E-state index contributed by atoms with van der Waals surface area (Å²) in [6.45, 7) is -3.59. The topological polar surface area (TPSA) is 206 Å². The van der Waals surface area contributed by atoms with Crippen LogP contribution in [0.25, 0.3) is 0 Å². The molecule has 2 rings (SSSR count). The van der Waals surface area contributed by atoms with Gasteiger partial charge in [-0.1, -0.05) is 18.2 Å². The number of hydrogen-bond acceptors (Lipinski definition) is 9. The van der Waals surface area contributed by atoms with Crippen molar-refractivity contribution in [2.45, 2.75) is 37.6 Å². The number of carbonyl (C=O) groups is 3. The van der Waals surface area contributed by atoms with Gasteiger partial charge in [0.2, 0.25) is 6.41 Å². The molecular weight excluding hydrogens is 464 g/mol. The van der Waals surface area contributed by atoms with Crippen molar-refractivity contribution >= 4 is 24.0 Å². The largest absolute Gasteiger partial charge is 0.506 e. The van der Waals surface area contributed by atoms with E-state index < -0.39 is 56.0 Å². The molecule has 0 aliphatic carbocycles. The summed E-state index contributed by atoms with van der Waals surface area (Å²) in [4.78, 5) is 30.2. The second kappa shape index (κ2) is 14.5. The van der Waals surface area contributed by atoms with Crippen LogP contribution in [0.2, 0.25) is 0 Å². The van der Waals surface area contributed by atoms with Gasteiger partial charge in [-0.05, 0) is 48.6 Å². The van der Waals surface area contributed by atoms with Crippen molar-refractivity contribution in [2.24, 2.45) is 0 Å². The Balaban J connectivity index is 0.000000716. The van der Waals surface area contributed by atoms with E-state index in [2.05, 4.69) is 10.6 Å². The van der Waals surface area contributed by atoms with Crippen molar-refractivity contribution in [2.75, 3.05) is 19.0 Å². The summed E-state index contributed by atoms with van der Waals surface area (Å²) in [6, 6.07) is 6.66. The smallest absolute Gasteiger partial charge is 0.335 e. The number of methoxy groups -OCH3 is 1. The summed E-state index contributed by atoms with van der Waals surface area (Å²) in [5.74, 6) is -3.33. The maximum absolute atomic E-state index is 10.6. The van der Waals surface area contributed by atoms with Crippen LogP contribution in [-0.2, 0) is 20.8 Å². The molecule has 0 aliphatic heterocycles. The third-order valence-electron chi connectivity index (χ3n) is 4.26. The van der Waals surface area contributed by atoms with E-state index >= 15 is 0 Å². The molecule has 0 radical (unpaired) electrons. The molecule has 0 saturated heterocycles. The molecule has 35 heavy (non-hydrogen) atoms. The molecule has 0 saturated carbocycles. The Hall–Kier alpha value is -3.71. The Morgan fingerprint density at radius 3 is 2.20 bits per heavy atom. The van der Waals surface area contributed by atoms with Crippen molar-refractivity contribution in [3.63, 3.8) is 0 Å². The predicted molar refractivity (Wildman–Crippen MR) is 124 cm³/mol. The van der Waals surface area contributed by atoms with Crippen LogP contribution >= 0.6 is 0 Å².